The number of nitrogens with one attached hydrogen (secondary N) is 1. The van der Waals surface area contributed by atoms with Gasteiger partial charge in [-0.2, -0.15) is 0 Å². The summed E-state index contributed by atoms with van der Waals surface area (Å²) in [7, 11) is 0. The van der Waals surface area contributed by atoms with E-state index in [-0.39, 0.29) is 11.7 Å². The molecule has 0 amide bonds. The zero-order chi connectivity index (χ0) is 13.0. The zero-order valence-corrected chi connectivity index (χ0v) is 9.65. The summed E-state index contributed by atoms with van der Waals surface area (Å²) in [4.78, 5) is 21.6. The van der Waals surface area contributed by atoms with Crippen LogP contribution in [0.1, 0.15) is 18.5 Å². The van der Waals surface area contributed by atoms with Gasteiger partial charge in [0.25, 0.3) is 0 Å². The maximum absolute atomic E-state index is 10.5. The van der Waals surface area contributed by atoms with Gasteiger partial charge >= 0.3 is 5.69 Å². The highest BCUT2D eigenvalue weighted by Gasteiger charge is 2.09. The molecule has 0 aliphatic carbocycles. The van der Waals surface area contributed by atoms with Crippen molar-refractivity contribution in [3.8, 4) is 0 Å². The Labute approximate surface area is 103 Å². The van der Waals surface area contributed by atoms with Gasteiger partial charge in [0, 0.05) is 12.4 Å². The van der Waals surface area contributed by atoms with E-state index in [0.717, 1.165) is 5.56 Å². The highest BCUT2D eigenvalue weighted by atomic mass is 16.6. The van der Waals surface area contributed by atoms with E-state index < -0.39 is 4.92 Å². The highest BCUT2D eigenvalue weighted by Crippen LogP contribution is 2.16. The molecule has 2 aromatic rings. The normalized spacial score (nSPS) is 11.8. The van der Waals surface area contributed by atoms with Crippen molar-refractivity contribution in [2.45, 2.75) is 13.0 Å². The van der Waals surface area contributed by atoms with Crippen LogP contribution in [-0.2, 0) is 0 Å². The van der Waals surface area contributed by atoms with E-state index in [0.29, 0.717) is 5.95 Å². The first-order valence-corrected chi connectivity index (χ1v) is 5.29. The molecule has 0 saturated heterocycles. The van der Waals surface area contributed by atoms with Crippen LogP contribution in [0.4, 0.5) is 11.6 Å². The van der Waals surface area contributed by atoms with Crippen molar-refractivity contribution < 1.29 is 4.92 Å². The maximum Gasteiger partial charge on any atom is 0.305 e. The third-order valence-corrected chi connectivity index (χ3v) is 2.40. The van der Waals surface area contributed by atoms with Gasteiger partial charge < -0.3 is 5.32 Å². The van der Waals surface area contributed by atoms with Gasteiger partial charge in [0.2, 0.25) is 5.95 Å². The van der Waals surface area contributed by atoms with Crippen molar-refractivity contribution in [3.63, 3.8) is 0 Å². The first-order valence-electron chi connectivity index (χ1n) is 5.29. The lowest BCUT2D eigenvalue weighted by atomic mass is 10.1. The lowest BCUT2D eigenvalue weighted by molar-refractivity contribution is -0.385. The average Bonchev–Trinajstić information content (AvgIpc) is 2.40. The van der Waals surface area contributed by atoms with Crippen molar-refractivity contribution in [2.75, 3.05) is 5.32 Å². The molecule has 92 valence electrons. The minimum absolute atomic E-state index is 0.00513. The molecule has 1 atom stereocenters. The molecule has 0 aromatic carbocycles. The smallest absolute Gasteiger partial charge is 0.305 e. The summed E-state index contributed by atoms with van der Waals surface area (Å²) in [5, 5.41) is 13.5. The molecule has 2 aromatic heterocycles. The Morgan fingerprint density at radius 2 is 1.89 bits per heavy atom. The van der Waals surface area contributed by atoms with Crippen LogP contribution in [0.25, 0.3) is 0 Å². The van der Waals surface area contributed by atoms with Crippen LogP contribution >= 0.6 is 0 Å². The summed E-state index contributed by atoms with van der Waals surface area (Å²) in [6.07, 6.45) is 5.75. The first kappa shape index (κ1) is 11.9. The molecule has 0 spiro atoms. The molecule has 0 bridgehead atoms. The Balaban J connectivity index is 2.08. The topological polar surface area (TPSA) is 93.8 Å². The third-order valence-electron chi connectivity index (χ3n) is 2.40. The van der Waals surface area contributed by atoms with E-state index in [2.05, 4.69) is 20.3 Å². The van der Waals surface area contributed by atoms with E-state index in [4.69, 9.17) is 0 Å². The molecule has 0 radical (unpaired) electrons. The first-order chi connectivity index (χ1) is 8.66. The molecule has 0 saturated carbocycles. The Morgan fingerprint density at radius 3 is 2.44 bits per heavy atom. The number of rotatable bonds is 4. The van der Waals surface area contributed by atoms with E-state index in [9.17, 15) is 10.1 Å². The van der Waals surface area contributed by atoms with E-state index in [1.807, 2.05) is 19.1 Å². The molecule has 2 rings (SSSR count). The van der Waals surface area contributed by atoms with Crippen molar-refractivity contribution in [1.82, 2.24) is 15.0 Å². The number of pyridine rings is 1. The Bertz CT molecular complexity index is 529. The molecule has 7 nitrogen and oxygen atoms in total. The van der Waals surface area contributed by atoms with Gasteiger partial charge in [0.1, 0.15) is 12.4 Å². The summed E-state index contributed by atoms with van der Waals surface area (Å²) in [6, 6.07) is 3.75. The molecule has 2 heterocycles. The second kappa shape index (κ2) is 5.17. The predicted octanol–water partition coefficient (Wildman–Crippen LogP) is 1.95. The second-order valence-corrected chi connectivity index (χ2v) is 3.67. The fourth-order valence-corrected chi connectivity index (χ4v) is 1.42. The molecule has 18 heavy (non-hydrogen) atoms. The Kier molecular flexibility index (Phi) is 3.42. The van der Waals surface area contributed by atoms with Gasteiger partial charge in [-0.3, -0.25) is 15.1 Å². The number of nitrogens with zero attached hydrogens (tertiary/aromatic N) is 4. The number of hydrogen-bond donors (Lipinski definition) is 1. The van der Waals surface area contributed by atoms with E-state index in [1.54, 1.807) is 12.4 Å². The van der Waals surface area contributed by atoms with Gasteiger partial charge in [-0.25, -0.2) is 9.97 Å². The molecular weight excluding hydrogens is 234 g/mol. The molecule has 1 N–H and O–H groups in total. The van der Waals surface area contributed by atoms with Gasteiger partial charge in [-0.15, -0.1) is 0 Å². The number of nitro groups is 1. The Morgan fingerprint density at radius 1 is 1.28 bits per heavy atom. The highest BCUT2D eigenvalue weighted by molar-refractivity contribution is 5.33. The van der Waals surface area contributed by atoms with Crippen LogP contribution < -0.4 is 5.32 Å². The summed E-state index contributed by atoms with van der Waals surface area (Å²) < 4.78 is 0. The van der Waals surface area contributed by atoms with E-state index >= 15 is 0 Å². The van der Waals surface area contributed by atoms with Crippen LogP contribution in [0.3, 0.4) is 0 Å². The van der Waals surface area contributed by atoms with Crippen molar-refractivity contribution in [1.29, 1.82) is 0 Å². The molecule has 0 fully saturated rings. The van der Waals surface area contributed by atoms with Crippen LogP contribution in [0, 0.1) is 10.1 Å². The van der Waals surface area contributed by atoms with E-state index in [1.165, 1.54) is 12.4 Å². The summed E-state index contributed by atoms with van der Waals surface area (Å²) in [5.74, 6) is 0.352. The molecule has 1 unspecified atom stereocenters. The minimum Gasteiger partial charge on any atom is -0.348 e. The van der Waals surface area contributed by atoms with Crippen molar-refractivity contribution in [2.24, 2.45) is 0 Å². The van der Waals surface area contributed by atoms with Gasteiger partial charge in [0.05, 0.1) is 11.0 Å². The van der Waals surface area contributed by atoms with Gasteiger partial charge in [-0.1, -0.05) is 0 Å². The fraction of sp³-hybridized carbons (Fsp3) is 0.182. The Hall–Kier alpha value is -2.57. The standard InChI is InChI=1S/C11H11N5O2/c1-8(9-2-4-12-5-3-9)15-11-13-6-10(7-14-11)16(17)18/h2-8H,1H3,(H,13,14,15). The number of anilines is 1. The van der Waals surface area contributed by atoms with Crippen molar-refractivity contribution >= 4 is 11.6 Å². The largest absolute Gasteiger partial charge is 0.348 e. The SMILES string of the molecule is CC(Nc1ncc([N+](=O)[O-])cn1)c1ccncc1. The monoisotopic (exact) mass is 245 g/mol. The van der Waals surface area contributed by atoms with Crippen LogP contribution in [-0.4, -0.2) is 19.9 Å². The average molecular weight is 245 g/mol. The second-order valence-electron chi connectivity index (χ2n) is 3.67. The molecule has 7 heteroatoms. The lowest BCUT2D eigenvalue weighted by Gasteiger charge is -2.13. The summed E-state index contributed by atoms with van der Waals surface area (Å²) in [6.45, 7) is 1.94. The third kappa shape index (κ3) is 2.76. The van der Waals surface area contributed by atoms with Gasteiger partial charge in [-0.05, 0) is 24.6 Å². The number of hydrogen-bond acceptors (Lipinski definition) is 6. The fourth-order valence-electron chi connectivity index (χ4n) is 1.42. The predicted molar refractivity (Wildman–Crippen MR) is 65.0 cm³/mol. The quantitative estimate of drug-likeness (QED) is 0.653. The minimum atomic E-state index is -0.532. The molecular formula is C11H11N5O2. The maximum atomic E-state index is 10.5. The van der Waals surface area contributed by atoms with Crippen molar-refractivity contribution in [3.05, 3.63) is 52.6 Å². The molecule has 0 aliphatic heterocycles. The lowest BCUT2D eigenvalue weighted by Crippen LogP contribution is -2.09. The molecule has 0 aliphatic rings. The number of aromatic nitrogens is 3. The summed E-state index contributed by atoms with van der Waals surface area (Å²) >= 11 is 0. The van der Waals surface area contributed by atoms with Gasteiger partial charge in [0.15, 0.2) is 0 Å². The van der Waals surface area contributed by atoms with Crippen LogP contribution in [0.5, 0.6) is 0 Å². The summed E-state index contributed by atoms with van der Waals surface area (Å²) in [5.41, 5.74) is 0.907. The van der Waals surface area contributed by atoms with Crippen LogP contribution in [0.15, 0.2) is 36.9 Å². The van der Waals surface area contributed by atoms with Crippen LogP contribution in [0.2, 0.25) is 0 Å². The zero-order valence-electron chi connectivity index (χ0n) is 9.65.